The molecule has 1 heterocycles. The summed E-state index contributed by atoms with van der Waals surface area (Å²) < 4.78 is 0. The van der Waals surface area contributed by atoms with Gasteiger partial charge in [0, 0.05) is 5.39 Å². The van der Waals surface area contributed by atoms with Crippen LogP contribution in [0, 0.1) is 0 Å². The fourth-order valence-corrected chi connectivity index (χ4v) is 3.56. The van der Waals surface area contributed by atoms with Gasteiger partial charge in [-0.3, -0.25) is 0 Å². The number of hydrogen-bond donors (Lipinski definition) is 1. The SMILES string of the molecule is CC1=C(c2ccc3ccccc3n2)CCC1(O)c1ccccc1. The molecule has 0 spiro atoms. The number of allylic oxidation sites excluding steroid dienone is 1. The second-order valence-corrected chi connectivity index (χ2v) is 6.22. The first-order valence-corrected chi connectivity index (χ1v) is 8.03. The van der Waals surface area contributed by atoms with E-state index < -0.39 is 5.60 Å². The number of aliphatic hydroxyl groups is 1. The van der Waals surface area contributed by atoms with E-state index in [0.29, 0.717) is 6.42 Å². The Morgan fingerprint density at radius 2 is 1.65 bits per heavy atom. The molecule has 23 heavy (non-hydrogen) atoms. The van der Waals surface area contributed by atoms with Gasteiger partial charge in [0.1, 0.15) is 5.60 Å². The fraction of sp³-hybridized carbons (Fsp3) is 0.190. The Kier molecular flexibility index (Phi) is 3.28. The maximum absolute atomic E-state index is 11.2. The Morgan fingerprint density at radius 1 is 0.913 bits per heavy atom. The Bertz CT molecular complexity index is 898. The minimum atomic E-state index is -0.871. The lowest BCUT2D eigenvalue weighted by Crippen LogP contribution is -2.23. The molecule has 114 valence electrons. The van der Waals surface area contributed by atoms with Crippen LogP contribution in [0.4, 0.5) is 0 Å². The van der Waals surface area contributed by atoms with Crippen LogP contribution in [-0.2, 0) is 5.60 Å². The summed E-state index contributed by atoms with van der Waals surface area (Å²) in [6, 6.07) is 22.3. The zero-order chi connectivity index (χ0) is 15.9. The molecular formula is C21H19NO. The van der Waals surface area contributed by atoms with Crippen LogP contribution in [-0.4, -0.2) is 10.1 Å². The highest BCUT2D eigenvalue weighted by Crippen LogP contribution is 2.46. The number of aromatic nitrogens is 1. The van der Waals surface area contributed by atoms with Gasteiger partial charge in [-0.1, -0.05) is 54.6 Å². The van der Waals surface area contributed by atoms with Gasteiger partial charge in [-0.25, -0.2) is 4.98 Å². The minimum Gasteiger partial charge on any atom is -0.381 e. The molecule has 1 N–H and O–H groups in total. The van der Waals surface area contributed by atoms with Crippen molar-refractivity contribution < 1.29 is 5.11 Å². The van der Waals surface area contributed by atoms with Gasteiger partial charge in [0.05, 0.1) is 11.2 Å². The molecule has 0 saturated heterocycles. The van der Waals surface area contributed by atoms with Crippen LogP contribution >= 0.6 is 0 Å². The molecule has 0 saturated carbocycles. The van der Waals surface area contributed by atoms with Crippen LogP contribution < -0.4 is 0 Å². The third-order valence-electron chi connectivity index (χ3n) is 4.97. The van der Waals surface area contributed by atoms with Gasteiger partial charge in [-0.15, -0.1) is 0 Å². The topological polar surface area (TPSA) is 33.1 Å². The summed E-state index contributed by atoms with van der Waals surface area (Å²) in [6.07, 6.45) is 1.56. The van der Waals surface area contributed by atoms with E-state index in [1.165, 1.54) is 5.57 Å². The van der Waals surface area contributed by atoms with Crippen molar-refractivity contribution in [2.24, 2.45) is 0 Å². The number of pyridine rings is 1. The number of nitrogens with zero attached hydrogens (tertiary/aromatic N) is 1. The van der Waals surface area contributed by atoms with Crippen molar-refractivity contribution in [3.8, 4) is 0 Å². The van der Waals surface area contributed by atoms with Crippen LogP contribution in [0.15, 0.2) is 72.3 Å². The van der Waals surface area contributed by atoms with Gasteiger partial charge in [0.25, 0.3) is 0 Å². The van der Waals surface area contributed by atoms with E-state index in [2.05, 4.69) is 18.2 Å². The molecule has 2 heteroatoms. The zero-order valence-corrected chi connectivity index (χ0v) is 13.2. The maximum Gasteiger partial charge on any atom is 0.111 e. The van der Waals surface area contributed by atoms with Crippen LogP contribution in [0.2, 0.25) is 0 Å². The third kappa shape index (κ3) is 2.27. The van der Waals surface area contributed by atoms with Gasteiger partial charge >= 0.3 is 0 Å². The molecule has 1 atom stereocenters. The summed E-state index contributed by atoms with van der Waals surface area (Å²) in [6.45, 7) is 2.03. The first kappa shape index (κ1) is 14.2. The van der Waals surface area contributed by atoms with Crippen molar-refractivity contribution in [2.75, 3.05) is 0 Å². The largest absolute Gasteiger partial charge is 0.381 e. The van der Waals surface area contributed by atoms with E-state index >= 15 is 0 Å². The molecule has 0 radical (unpaired) electrons. The molecule has 1 aliphatic carbocycles. The van der Waals surface area contributed by atoms with E-state index in [-0.39, 0.29) is 0 Å². The number of hydrogen-bond acceptors (Lipinski definition) is 2. The highest BCUT2D eigenvalue weighted by atomic mass is 16.3. The lowest BCUT2D eigenvalue weighted by molar-refractivity contribution is 0.0774. The van der Waals surface area contributed by atoms with E-state index in [9.17, 15) is 5.11 Å². The van der Waals surface area contributed by atoms with Crippen LogP contribution in [0.1, 0.15) is 31.0 Å². The van der Waals surface area contributed by atoms with E-state index in [1.54, 1.807) is 0 Å². The van der Waals surface area contributed by atoms with Crippen LogP contribution in [0.5, 0.6) is 0 Å². The molecule has 2 nitrogen and oxygen atoms in total. The highest BCUT2D eigenvalue weighted by Gasteiger charge is 2.38. The average Bonchev–Trinajstić information content (AvgIpc) is 2.92. The van der Waals surface area contributed by atoms with Gasteiger partial charge in [-0.05, 0) is 48.6 Å². The van der Waals surface area contributed by atoms with Crippen molar-refractivity contribution in [1.82, 2.24) is 4.98 Å². The van der Waals surface area contributed by atoms with Crippen LogP contribution in [0.25, 0.3) is 16.5 Å². The Labute approximate surface area is 136 Å². The Hall–Kier alpha value is -2.45. The molecule has 2 aromatic carbocycles. The van der Waals surface area contributed by atoms with Gasteiger partial charge in [0.2, 0.25) is 0 Å². The summed E-state index contributed by atoms with van der Waals surface area (Å²) in [7, 11) is 0. The first-order valence-electron chi connectivity index (χ1n) is 8.03. The van der Waals surface area contributed by atoms with E-state index in [0.717, 1.165) is 34.2 Å². The standard InChI is InChI=1S/C21H19NO/c1-15-18(13-14-21(15,23)17-8-3-2-4-9-17)20-12-11-16-7-5-6-10-19(16)22-20/h2-12,23H,13-14H2,1H3. The molecule has 0 amide bonds. The van der Waals surface area contributed by atoms with E-state index in [1.807, 2.05) is 55.5 Å². The molecule has 0 bridgehead atoms. The van der Waals surface area contributed by atoms with Crippen molar-refractivity contribution in [2.45, 2.75) is 25.4 Å². The summed E-state index contributed by atoms with van der Waals surface area (Å²) in [5, 5.41) is 12.3. The number of para-hydroxylation sites is 1. The molecule has 3 aromatic rings. The van der Waals surface area contributed by atoms with Gasteiger partial charge < -0.3 is 5.11 Å². The Morgan fingerprint density at radius 3 is 2.48 bits per heavy atom. The molecular weight excluding hydrogens is 282 g/mol. The Balaban J connectivity index is 1.81. The molecule has 4 rings (SSSR count). The first-order chi connectivity index (χ1) is 11.2. The summed E-state index contributed by atoms with van der Waals surface area (Å²) in [4.78, 5) is 4.80. The maximum atomic E-state index is 11.2. The minimum absolute atomic E-state index is 0.715. The van der Waals surface area contributed by atoms with Crippen LogP contribution in [0.3, 0.4) is 0 Å². The average molecular weight is 301 g/mol. The second kappa shape index (κ2) is 5.32. The van der Waals surface area contributed by atoms with Crippen molar-refractivity contribution in [3.63, 3.8) is 0 Å². The summed E-state index contributed by atoms with van der Waals surface area (Å²) in [5.41, 5.74) is 4.26. The molecule has 1 unspecified atom stereocenters. The second-order valence-electron chi connectivity index (χ2n) is 6.22. The molecule has 1 aliphatic rings. The van der Waals surface area contributed by atoms with Crippen molar-refractivity contribution in [3.05, 3.63) is 83.6 Å². The monoisotopic (exact) mass is 301 g/mol. The molecule has 0 aliphatic heterocycles. The lowest BCUT2D eigenvalue weighted by Gasteiger charge is -2.25. The van der Waals surface area contributed by atoms with Crippen molar-refractivity contribution in [1.29, 1.82) is 0 Å². The van der Waals surface area contributed by atoms with E-state index in [4.69, 9.17) is 4.98 Å². The zero-order valence-electron chi connectivity index (χ0n) is 13.2. The highest BCUT2D eigenvalue weighted by molar-refractivity contribution is 5.82. The third-order valence-corrected chi connectivity index (χ3v) is 4.97. The fourth-order valence-electron chi connectivity index (χ4n) is 3.56. The summed E-state index contributed by atoms with van der Waals surface area (Å²) in [5.74, 6) is 0. The number of fused-ring (bicyclic) bond motifs is 1. The predicted molar refractivity (Wildman–Crippen MR) is 93.9 cm³/mol. The van der Waals surface area contributed by atoms with Crippen molar-refractivity contribution >= 4 is 16.5 Å². The normalized spacial score (nSPS) is 21.1. The summed E-state index contributed by atoms with van der Waals surface area (Å²) >= 11 is 0. The number of benzene rings is 2. The molecule has 0 fully saturated rings. The molecule has 1 aromatic heterocycles. The predicted octanol–water partition coefficient (Wildman–Crippen LogP) is 4.69. The van der Waals surface area contributed by atoms with Gasteiger partial charge in [-0.2, -0.15) is 0 Å². The lowest BCUT2D eigenvalue weighted by atomic mass is 9.88. The number of rotatable bonds is 2. The quantitative estimate of drug-likeness (QED) is 0.745. The smallest absolute Gasteiger partial charge is 0.111 e. The van der Waals surface area contributed by atoms with Gasteiger partial charge in [0.15, 0.2) is 0 Å².